The van der Waals surface area contributed by atoms with Crippen molar-refractivity contribution in [2.45, 2.75) is 0 Å². The number of hydrogen-bond acceptors (Lipinski definition) is 3. The number of allylic oxidation sites excluding steroid dienone is 1. The number of carbonyl (C=O) groups is 1. The number of methoxy groups -OCH3 is 1. The largest absolute Gasteiger partial charge is 0.468 e. The molecule has 0 heterocycles. The maximum atomic E-state index is 12.6. The van der Waals surface area contributed by atoms with Crippen LogP contribution in [0.25, 0.3) is 27.6 Å². The first-order chi connectivity index (χ1) is 13.7. The SMILES string of the molecule is COCOc1ccc2cc(C=CC(=O)c3ccc4ccccc4c3)ccc2c1. The molecule has 3 nitrogen and oxygen atoms in total. The van der Waals surface area contributed by atoms with E-state index in [1.54, 1.807) is 13.2 Å². The molecule has 0 spiro atoms. The molecule has 0 N–H and O–H groups in total. The highest BCUT2D eigenvalue weighted by Gasteiger charge is 2.04. The molecule has 4 aromatic carbocycles. The lowest BCUT2D eigenvalue weighted by molar-refractivity contribution is 0.0512. The van der Waals surface area contributed by atoms with Gasteiger partial charge in [0.1, 0.15) is 5.75 Å². The lowest BCUT2D eigenvalue weighted by Gasteiger charge is -2.06. The van der Waals surface area contributed by atoms with Crippen molar-refractivity contribution in [3.05, 3.63) is 96.1 Å². The van der Waals surface area contributed by atoms with Gasteiger partial charge in [-0.15, -0.1) is 0 Å². The summed E-state index contributed by atoms with van der Waals surface area (Å²) in [5.41, 5.74) is 1.67. The molecule has 0 saturated heterocycles. The smallest absolute Gasteiger partial charge is 0.188 e. The minimum absolute atomic E-state index is 0.00540. The maximum Gasteiger partial charge on any atom is 0.188 e. The average Bonchev–Trinajstić information content (AvgIpc) is 2.75. The predicted molar refractivity (Wildman–Crippen MR) is 114 cm³/mol. The molecule has 0 aliphatic heterocycles. The van der Waals surface area contributed by atoms with Crippen LogP contribution in [0.5, 0.6) is 5.75 Å². The summed E-state index contributed by atoms with van der Waals surface area (Å²) in [5.74, 6) is 0.762. The van der Waals surface area contributed by atoms with E-state index in [9.17, 15) is 4.79 Å². The first-order valence-corrected chi connectivity index (χ1v) is 9.10. The van der Waals surface area contributed by atoms with Gasteiger partial charge >= 0.3 is 0 Å². The Morgan fingerprint density at radius 3 is 2.39 bits per heavy atom. The number of benzene rings is 4. The van der Waals surface area contributed by atoms with Crippen molar-refractivity contribution >= 4 is 33.4 Å². The predicted octanol–water partition coefficient (Wildman–Crippen LogP) is 5.87. The van der Waals surface area contributed by atoms with Crippen molar-refractivity contribution in [2.24, 2.45) is 0 Å². The van der Waals surface area contributed by atoms with E-state index in [-0.39, 0.29) is 12.6 Å². The van der Waals surface area contributed by atoms with Crippen molar-refractivity contribution in [1.29, 1.82) is 0 Å². The van der Waals surface area contributed by atoms with Crippen molar-refractivity contribution in [1.82, 2.24) is 0 Å². The molecule has 0 aliphatic carbocycles. The van der Waals surface area contributed by atoms with Gasteiger partial charge in [-0.25, -0.2) is 0 Å². The van der Waals surface area contributed by atoms with Crippen molar-refractivity contribution in [2.75, 3.05) is 13.9 Å². The van der Waals surface area contributed by atoms with E-state index in [4.69, 9.17) is 9.47 Å². The summed E-state index contributed by atoms with van der Waals surface area (Å²) in [5, 5.41) is 4.36. The van der Waals surface area contributed by atoms with Gasteiger partial charge in [0.05, 0.1) is 0 Å². The van der Waals surface area contributed by atoms with Crippen molar-refractivity contribution in [3.8, 4) is 5.75 Å². The normalized spacial score (nSPS) is 11.3. The molecule has 0 atom stereocenters. The number of rotatable bonds is 6. The number of fused-ring (bicyclic) bond motifs is 2. The summed E-state index contributed by atoms with van der Waals surface area (Å²) < 4.78 is 10.4. The fraction of sp³-hybridized carbons (Fsp3) is 0.0800. The van der Waals surface area contributed by atoms with Crippen LogP contribution < -0.4 is 4.74 Å². The molecule has 0 radical (unpaired) electrons. The number of ketones is 1. The van der Waals surface area contributed by atoms with E-state index < -0.39 is 0 Å². The number of ether oxygens (including phenoxy) is 2. The van der Waals surface area contributed by atoms with Gasteiger partial charge in [-0.05, 0) is 57.4 Å². The Balaban J connectivity index is 1.54. The summed E-state index contributed by atoms with van der Waals surface area (Å²) in [6.07, 6.45) is 3.48. The second-order valence-corrected chi connectivity index (χ2v) is 6.58. The molecule has 0 saturated carbocycles. The second-order valence-electron chi connectivity index (χ2n) is 6.58. The van der Waals surface area contributed by atoms with E-state index in [1.807, 2.05) is 78.9 Å². The van der Waals surface area contributed by atoms with E-state index >= 15 is 0 Å². The first kappa shape index (κ1) is 18.0. The van der Waals surface area contributed by atoms with E-state index in [0.717, 1.165) is 32.9 Å². The fourth-order valence-corrected chi connectivity index (χ4v) is 3.17. The molecule has 4 rings (SSSR count). The Labute approximate surface area is 163 Å². The van der Waals surface area contributed by atoms with E-state index in [2.05, 4.69) is 6.07 Å². The average molecular weight is 368 g/mol. The summed E-state index contributed by atoms with van der Waals surface area (Å²) in [7, 11) is 1.60. The summed E-state index contributed by atoms with van der Waals surface area (Å²) in [6, 6.07) is 25.8. The summed E-state index contributed by atoms with van der Waals surface area (Å²) >= 11 is 0. The molecule has 0 unspecified atom stereocenters. The monoisotopic (exact) mass is 368 g/mol. The fourth-order valence-electron chi connectivity index (χ4n) is 3.17. The Morgan fingerprint density at radius 2 is 1.54 bits per heavy atom. The standard InChI is InChI=1S/C25H20O3/c1-27-17-28-24-12-11-21-14-18(6-8-22(21)16-24)7-13-25(26)23-10-9-19-4-2-3-5-20(19)15-23/h2-16H,17H2,1H3. The third-order valence-electron chi connectivity index (χ3n) is 4.64. The Kier molecular flexibility index (Phi) is 5.18. The molecule has 0 fully saturated rings. The quantitative estimate of drug-likeness (QED) is 0.242. The molecule has 3 heteroatoms. The molecule has 28 heavy (non-hydrogen) atoms. The third kappa shape index (κ3) is 3.95. The zero-order valence-corrected chi connectivity index (χ0v) is 15.6. The van der Waals surface area contributed by atoms with Crippen LogP contribution >= 0.6 is 0 Å². The second kappa shape index (κ2) is 8.07. The van der Waals surface area contributed by atoms with Crippen LogP contribution in [-0.2, 0) is 4.74 Å². The van der Waals surface area contributed by atoms with Gasteiger partial charge in [-0.3, -0.25) is 4.79 Å². The van der Waals surface area contributed by atoms with Gasteiger partial charge < -0.3 is 9.47 Å². The first-order valence-electron chi connectivity index (χ1n) is 9.10. The summed E-state index contributed by atoms with van der Waals surface area (Å²) in [6.45, 7) is 0.225. The van der Waals surface area contributed by atoms with Gasteiger partial charge in [0.2, 0.25) is 0 Å². The van der Waals surface area contributed by atoms with Crippen molar-refractivity contribution in [3.63, 3.8) is 0 Å². The lowest BCUT2D eigenvalue weighted by atomic mass is 10.0. The van der Waals surface area contributed by atoms with Crippen molar-refractivity contribution < 1.29 is 14.3 Å². The maximum absolute atomic E-state index is 12.6. The van der Waals surface area contributed by atoms with Gasteiger partial charge in [-0.2, -0.15) is 0 Å². The molecule has 4 aromatic rings. The molecular weight excluding hydrogens is 348 g/mol. The highest BCUT2D eigenvalue weighted by atomic mass is 16.7. The Morgan fingerprint density at radius 1 is 0.821 bits per heavy atom. The van der Waals surface area contributed by atoms with Crippen LogP contribution in [0, 0.1) is 0 Å². The van der Waals surface area contributed by atoms with Crippen LogP contribution in [0.2, 0.25) is 0 Å². The highest BCUT2D eigenvalue weighted by Crippen LogP contribution is 2.23. The zero-order valence-electron chi connectivity index (χ0n) is 15.6. The van der Waals surface area contributed by atoms with Crippen LogP contribution in [0.1, 0.15) is 15.9 Å². The number of carbonyl (C=O) groups excluding carboxylic acids is 1. The number of hydrogen-bond donors (Lipinski definition) is 0. The van der Waals surface area contributed by atoms with E-state index in [0.29, 0.717) is 5.56 Å². The van der Waals surface area contributed by atoms with E-state index in [1.165, 1.54) is 0 Å². The van der Waals surface area contributed by atoms with Gasteiger partial charge in [0, 0.05) is 12.7 Å². The minimum Gasteiger partial charge on any atom is -0.468 e. The Bertz CT molecular complexity index is 1170. The van der Waals surface area contributed by atoms with Gasteiger partial charge in [0.25, 0.3) is 0 Å². The molecule has 0 bridgehead atoms. The van der Waals surface area contributed by atoms with Gasteiger partial charge in [-0.1, -0.05) is 60.7 Å². The van der Waals surface area contributed by atoms with Gasteiger partial charge in [0.15, 0.2) is 12.6 Å². The molecule has 0 aromatic heterocycles. The molecule has 0 aliphatic rings. The lowest BCUT2D eigenvalue weighted by Crippen LogP contribution is -1.98. The third-order valence-corrected chi connectivity index (χ3v) is 4.64. The van der Waals surface area contributed by atoms with Crippen LogP contribution in [0.15, 0.2) is 84.9 Å². The van der Waals surface area contributed by atoms with Crippen LogP contribution in [0.4, 0.5) is 0 Å². The summed E-state index contributed by atoms with van der Waals surface area (Å²) in [4.78, 5) is 12.6. The Hall–Kier alpha value is -3.43. The molecule has 0 amide bonds. The zero-order chi connectivity index (χ0) is 19.3. The minimum atomic E-state index is -0.00540. The topological polar surface area (TPSA) is 35.5 Å². The molecular formula is C25H20O3. The van der Waals surface area contributed by atoms with Crippen LogP contribution in [-0.4, -0.2) is 19.7 Å². The highest BCUT2D eigenvalue weighted by molar-refractivity contribution is 6.08. The molecule has 138 valence electrons. The van der Waals surface area contributed by atoms with Crippen LogP contribution in [0.3, 0.4) is 0 Å².